The third kappa shape index (κ3) is 2.91. The SMILES string of the molecule is CN(C)c1cccc(C2CCCN2C(=O)C2CCNC2)c1. The second-order valence-electron chi connectivity index (χ2n) is 6.37. The number of rotatable bonds is 3. The molecule has 21 heavy (non-hydrogen) atoms. The number of nitrogens with zero attached hydrogens (tertiary/aromatic N) is 2. The van der Waals surface area contributed by atoms with E-state index in [1.165, 1.54) is 11.3 Å². The molecule has 0 spiro atoms. The monoisotopic (exact) mass is 287 g/mol. The van der Waals surface area contributed by atoms with Crippen LogP contribution < -0.4 is 10.2 Å². The van der Waals surface area contributed by atoms with Gasteiger partial charge in [-0.05, 0) is 43.5 Å². The minimum atomic E-state index is 0.183. The van der Waals surface area contributed by atoms with Crippen molar-refractivity contribution < 1.29 is 4.79 Å². The molecular formula is C17H25N3O. The summed E-state index contributed by atoms with van der Waals surface area (Å²) in [5.41, 5.74) is 2.48. The molecule has 0 bridgehead atoms. The van der Waals surface area contributed by atoms with Crippen molar-refractivity contribution in [2.45, 2.75) is 25.3 Å². The second kappa shape index (κ2) is 6.06. The summed E-state index contributed by atoms with van der Waals surface area (Å²) in [6, 6.07) is 8.87. The van der Waals surface area contributed by atoms with Crippen molar-refractivity contribution in [2.24, 2.45) is 5.92 Å². The number of anilines is 1. The van der Waals surface area contributed by atoms with Gasteiger partial charge in [-0.2, -0.15) is 0 Å². The fourth-order valence-electron chi connectivity index (χ4n) is 3.49. The number of carbonyl (C=O) groups is 1. The van der Waals surface area contributed by atoms with E-state index in [0.29, 0.717) is 5.91 Å². The molecular weight excluding hydrogens is 262 g/mol. The van der Waals surface area contributed by atoms with Gasteiger partial charge in [0.15, 0.2) is 0 Å². The van der Waals surface area contributed by atoms with Crippen LogP contribution in [0.1, 0.15) is 30.9 Å². The summed E-state index contributed by atoms with van der Waals surface area (Å²) in [6.45, 7) is 2.73. The summed E-state index contributed by atoms with van der Waals surface area (Å²) in [5, 5.41) is 3.30. The van der Waals surface area contributed by atoms with Crippen molar-refractivity contribution in [3.8, 4) is 0 Å². The number of amides is 1. The number of likely N-dealkylation sites (tertiary alicyclic amines) is 1. The van der Waals surface area contributed by atoms with E-state index < -0.39 is 0 Å². The van der Waals surface area contributed by atoms with Gasteiger partial charge in [0.1, 0.15) is 0 Å². The summed E-state index contributed by atoms with van der Waals surface area (Å²) >= 11 is 0. The number of hydrogen-bond donors (Lipinski definition) is 1. The Kier molecular flexibility index (Phi) is 4.15. The minimum absolute atomic E-state index is 0.183. The fourth-order valence-corrected chi connectivity index (χ4v) is 3.49. The molecule has 3 rings (SSSR count). The van der Waals surface area contributed by atoms with Crippen molar-refractivity contribution >= 4 is 11.6 Å². The van der Waals surface area contributed by atoms with Crippen LogP contribution in [0, 0.1) is 5.92 Å². The first-order valence-electron chi connectivity index (χ1n) is 7.95. The smallest absolute Gasteiger partial charge is 0.227 e. The maximum atomic E-state index is 12.7. The van der Waals surface area contributed by atoms with Gasteiger partial charge in [-0.15, -0.1) is 0 Å². The molecule has 1 N–H and O–H groups in total. The highest BCUT2D eigenvalue weighted by Gasteiger charge is 2.34. The van der Waals surface area contributed by atoms with Gasteiger partial charge in [-0.3, -0.25) is 4.79 Å². The van der Waals surface area contributed by atoms with Crippen molar-refractivity contribution in [2.75, 3.05) is 38.6 Å². The molecule has 0 saturated carbocycles. The van der Waals surface area contributed by atoms with Gasteiger partial charge in [0.05, 0.1) is 12.0 Å². The second-order valence-corrected chi connectivity index (χ2v) is 6.37. The van der Waals surface area contributed by atoms with Gasteiger partial charge in [-0.1, -0.05) is 12.1 Å². The van der Waals surface area contributed by atoms with Crippen molar-refractivity contribution in [1.29, 1.82) is 0 Å². The average molecular weight is 287 g/mol. The van der Waals surface area contributed by atoms with Gasteiger partial charge in [0.25, 0.3) is 0 Å². The van der Waals surface area contributed by atoms with Crippen LogP contribution in [0.2, 0.25) is 0 Å². The van der Waals surface area contributed by atoms with E-state index in [9.17, 15) is 4.79 Å². The maximum absolute atomic E-state index is 12.7. The van der Waals surface area contributed by atoms with Gasteiger partial charge >= 0.3 is 0 Å². The standard InChI is InChI=1S/C17H25N3O/c1-19(2)15-6-3-5-13(11-15)16-7-4-10-20(16)17(21)14-8-9-18-12-14/h3,5-6,11,14,16,18H,4,7-10,12H2,1-2H3. The summed E-state index contributed by atoms with van der Waals surface area (Å²) in [5.74, 6) is 0.528. The van der Waals surface area contributed by atoms with E-state index >= 15 is 0 Å². The third-order valence-electron chi connectivity index (χ3n) is 4.72. The molecule has 2 atom stereocenters. The first kappa shape index (κ1) is 14.4. The van der Waals surface area contributed by atoms with Crippen LogP contribution in [-0.4, -0.2) is 44.5 Å². The zero-order valence-electron chi connectivity index (χ0n) is 13.0. The van der Waals surface area contributed by atoms with Crippen LogP contribution in [0.3, 0.4) is 0 Å². The summed E-state index contributed by atoms with van der Waals surface area (Å²) in [7, 11) is 4.11. The number of carbonyl (C=O) groups excluding carboxylic acids is 1. The average Bonchev–Trinajstić information content (AvgIpc) is 3.18. The molecule has 2 aliphatic heterocycles. The van der Waals surface area contributed by atoms with Crippen LogP contribution in [-0.2, 0) is 4.79 Å². The molecule has 2 aliphatic rings. The van der Waals surface area contributed by atoms with E-state index in [1.54, 1.807) is 0 Å². The lowest BCUT2D eigenvalue weighted by Crippen LogP contribution is -2.36. The molecule has 0 aliphatic carbocycles. The van der Waals surface area contributed by atoms with E-state index in [4.69, 9.17) is 0 Å². The molecule has 2 unspecified atom stereocenters. The molecule has 1 aromatic carbocycles. The van der Waals surface area contributed by atoms with Crippen LogP contribution in [0.5, 0.6) is 0 Å². The molecule has 114 valence electrons. The predicted molar refractivity (Wildman–Crippen MR) is 85.4 cm³/mol. The highest BCUT2D eigenvalue weighted by Crippen LogP contribution is 2.35. The molecule has 4 nitrogen and oxygen atoms in total. The third-order valence-corrected chi connectivity index (χ3v) is 4.72. The van der Waals surface area contributed by atoms with E-state index in [-0.39, 0.29) is 12.0 Å². The van der Waals surface area contributed by atoms with Crippen LogP contribution in [0.4, 0.5) is 5.69 Å². The molecule has 1 amide bonds. The molecule has 0 aromatic heterocycles. The highest BCUT2D eigenvalue weighted by atomic mass is 16.2. The minimum Gasteiger partial charge on any atom is -0.378 e. The Labute approximate surface area is 127 Å². The van der Waals surface area contributed by atoms with Crippen LogP contribution in [0.15, 0.2) is 24.3 Å². The lowest BCUT2D eigenvalue weighted by molar-refractivity contribution is -0.135. The van der Waals surface area contributed by atoms with Crippen LogP contribution >= 0.6 is 0 Å². The number of benzene rings is 1. The number of nitrogens with one attached hydrogen (secondary N) is 1. The Morgan fingerprint density at radius 3 is 2.90 bits per heavy atom. The highest BCUT2D eigenvalue weighted by molar-refractivity contribution is 5.80. The molecule has 1 aromatic rings. The molecule has 2 fully saturated rings. The van der Waals surface area contributed by atoms with Crippen molar-refractivity contribution in [1.82, 2.24) is 10.2 Å². The normalized spacial score (nSPS) is 25.3. The lowest BCUT2D eigenvalue weighted by Gasteiger charge is -2.28. The van der Waals surface area contributed by atoms with Gasteiger partial charge in [0, 0.05) is 32.9 Å². The van der Waals surface area contributed by atoms with Crippen molar-refractivity contribution in [3.63, 3.8) is 0 Å². The van der Waals surface area contributed by atoms with E-state index in [2.05, 4.69) is 53.5 Å². The Bertz CT molecular complexity index is 509. The molecule has 2 saturated heterocycles. The fraction of sp³-hybridized carbons (Fsp3) is 0.588. The number of hydrogen-bond acceptors (Lipinski definition) is 3. The van der Waals surface area contributed by atoms with Gasteiger partial charge in [0.2, 0.25) is 5.91 Å². The largest absolute Gasteiger partial charge is 0.378 e. The predicted octanol–water partition coefficient (Wildman–Crippen LogP) is 2.03. The van der Waals surface area contributed by atoms with E-state index in [0.717, 1.165) is 38.9 Å². The summed E-state index contributed by atoms with van der Waals surface area (Å²) in [6.07, 6.45) is 3.19. The molecule has 4 heteroatoms. The Morgan fingerprint density at radius 1 is 1.33 bits per heavy atom. The van der Waals surface area contributed by atoms with Crippen LogP contribution in [0.25, 0.3) is 0 Å². The Balaban J connectivity index is 1.80. The molecule has 2 heterocycles. The van der Waals surface area contributed by atoms with E-state index in [1.807, 2.05) is 0 Å². The topological polar surface area (TPSA) is 35.6 Å². The molecule has 0 radical (unpaired) electrons. The summed E-state index contributed by atoms with van der Waals surface area (Å²) < 4.78 is 0. The van der Waals surface area contributed by atoms with Crippen molar-refractivity contribution in [3.05, 3.63) is 29.8 Å². The first-order valence-corrected chi connectivity index (χ1v) is 7.95. The van der Waals surface area contributed by atoms with Gasteiger partial charge in [-0.25, -0.2) is 0 Å². The quantitative estimate of drug-likeness (QED) is 0.924. The zero-order valence-corrected chi connectivity index (χ0v) is 13.0. The first-order chi connectivity index (χ1) is 10.2. The Hall–Kier alpha value is -1.55. The lowest BCUT2D eigenvalue weighted by atomic mass is 10.0. The summed E-state index contributed by atoms with van der Waals surface area (Å²) in [4.78, 5) is 17.0. The Morgan fingerprint density at radius 2 is 2.19 bits per heavy atom. The zero-order chi connectivity index (χ0) is 14.8. The maximum Gasteiger partial charge on any atom is 0.227 e. The van der Waals surface area contributed by atoms with Gasteiger partial charge < -0.3 is 15.1 Å².